The standard InChI is InChI=1S/C20H22F3N3OS/c1-13(18(27)24-15-10-6-3-7-11-15)28-19-25-16(14-8-4-2-5-9-14)12-17(26-19)20(21,22)23/h2,4-5,8-9,12-13,15H,3,6-7,10-11H2,1H3,(H,24,27)/t13-/m0/s1. The number of alkyl halides is 3. The maximum Gasteiger partial charge on any atom is 0.433 e. The third kappa shape index (κ3) is 5.47. The van der Waals surface area contributed by atoms with Crippen LogP contribution in [0.5, 0.6) is 0 Å². The van der Waals surface area contributed by atoms with Gasteiger partial charge in [0, 0.05) is 11.6 Å². The second kappa shape index (κ2) is 8.94. The molecule has 150 valence electrons. The van der Waals surface area contributed by atoms with Crippen molar-refractivity contribution in [1.29, 1.82) is 0 Å². The van der Waals surface area contributed by atoms with Crippen molar-refractivity contribution in [2.45, 2.75) is 61.7 Å². The second-order valence-corrected chi connectivity index (χ2v) is 8.20. The van der Waals surface area contributed by atoms with Crippen LogP contribution in [0, 0.1) is 0 Å². The van der Waals surface area contributed by atoms with Crippen molar-refractivity contribution in [3.63, 3.8) is 0 Å². The Kier molecular flexibility index (Phi) is 6.59. The summed E-state index contributed by atoms with van der Waals surface area (Å²) in [5.74, 6) is -0.195. The molecule has 1 atom stereocenters. The van der Waals surface area contributed by atoms with Gasteiger partial charge >= 0.3 is 6.18 Å². The Morgan fingerprint density at radius 2 is 1.82 bits per heavy atom. The maximum atomic E-state index is 13.3. The Labute approximate surface area is 166 Å². The van der Waals surface area contributed by atoms with Gasteiger partial charge in [0.25, 0.3) is 0 Å². The van der Waals surface area contributed by atoms with E-state index in [1.807, 2.05) is 0 Å². The average Bonchev–Trinajstić information content (AvgIpc) is 2.68. The molecule has 1 amide bonds. The lowest BCUT2D eigenvalue weighted by Crippen LogP contribution is -2.40. The van der Waals surface area contributed by atoms with Crippen LogP contribution in [0.15, 0.2) is 41.6 Å². The number of hydrogen-bond donors (Lipinski definition) is 1. The highest BCUT2D eigenvalue weighted by Crippen LogP contribution is 2.33. The van der Waals surface area contributed by atoms with Gasteiger partial charge in [-0.1, -0.05) is 61.4 Å². The summed E-state index contributed by atoms with van der Waals surface area (Å²) in [5.41, 5.74) is -0.259. The quantitative estimate of drug-likeness (QED) is 0.552. The molecule has 1 saturated carbocycles. The second-order valence-electron chi connectivity index (χ2n) is 6.89. The number of carbonyl (C=O) groups excluding carboxylic acids is 1. The van der Waals surface area contributed by atoms with E-state index in [-0.39, 0.29) is 22.8 Å². The Morgan fingerprint density at radius 1 is 1.14 bits per heavy atom. The van der Waals surface area contributed by atoms with Crippen LogP contribution in [0.25, 0.3) is 11.3 Å². The number of nitrogens with one attached hydrogen (secondary N) is 1. The molecule has 0 bridgehead atoms. The molecule has 1 aromatic carbocycles. The van der Waals surface area contributed by atoms with Crippen LogP contribution < -0.4 is 5.32 Å². The van der Waals surface area contributed by atoms with Gasteiger partial charge in [-0.2, -0.15) is 13.2 Å². The first-order chi connectivity index (χ1) is 13.3. The fourth-order valence-corrected chi connectivity index (χ4v) is 3.95. The van der Waals surface area contributed by atoms with Crippen LogP contribution in [0.4, 0.5) is 13.2 Å². The molecule has 1 aliphatic rings. The minimum atomic E-state index is -4.59. The van der Waals surface area contributed by atoms with Crippen molar-refractivity contribution in [1.82, 2.24) is 15.3 Å². The predicted octanol–water partition coefficient (Wildman–Crippen LogP) is 5.09. The molecule has 1 aromatic heterocycles. The molecule has 0 radical (unpaired) electrons. The van der Waals surface area contributed by atoms with Crippen LogP contribution in [0.2, 0.25) is 0 Å². The minimum Gasteiger partial charge on any atom is -0.352 e. The molecule has 0 spiro atoms. The number of hydrogen-bond acceptors (Lipinski definition) is 4. The summed E-state index contributed by atoms with van der Waals surface area (Å²) in [6.07, 6.45) is 0.655. The summed E-state index contributed by atoms with van der Waals surface area (Å²) in [6.45, 7) is 1.66. The van der Waals surface area contributed by atoms with Gasteiger partial charge in [0.05, 0.1) is 10.9 Å². The van der Waals surface area contributed by atoms with Crippen molar-refractivity contribution in [2.24, 2.45) is 0 Å². The van der Waals surface area contributed by atoms with Gasteiger partial charge in [-0.25, -0.2) is 9.97 Å². The van der Waals surface area contributed by atoms with Gasteiger partial charge in [0.15, 0.2) is 5.16 Å². The molecule has 4 nitrogen and oxygen atoms in total. The first-order valence-electron chi connectivity index (χ1n) is 9.31. The zero-order valence-electron chi connectivity index (χ0n) is 15.5. The third-order valence-corrected chi connectivity index (χ3v) is 5.63. The molecule has 1 aliphatic carbocycles. The van der Waals surface area contributed by atoms with E-state index in [1.165, 1.54) is 6.42 Å². The SMILES string of the molecule is C[C@H](Sc1nc(-c2ccccc2)cc(C(F)(F)F)n1)C(=O)NC1CCCCC1. The fourth-order valence-electron chi connectivity index (χ4n) is 3.16. The van der Waals surface area contributed by atoms with Crippen molar-refractivity contribution in [3.8, 4) is 11.3 Å². The normalized spacial score (nSPS) is 16.6. The molecule has 0 saturated heterocycles. The predicted molar refractivity (Wildman–Crippen MR) is 103 cm³/mol. The zero-order valence-corrected chi connectivity index (χ0v) is 16.3. The lowest BCUT2D eigenvalue weighted by atomic mass is 9.95. The van der Waals surface area contributed by atoms with Crippen LogP contribution in [0.1, 0.15) is 44.7 Å². The first-order valence-corrected chi connectivity index (χ1v) is 10.2. The van der Waals surface area contributed by atoms with E-state index in [0.29, 0.717) is 5.56 Å². The van der Waals surface area contributed by atoms with Gasteiger partial charge in [-0.15, -0.1) is 0 Å². The molecule has 0 aliphatic heterocycles. The summed E-state index contributed by atoms with van der Waals surface area (Å²) in [7, 11) is 0. The van der Waals surface area contributed by atoms with E-state index in [2.05, 4.69) is 15.3 Å². The summed E-state index contributed by atoms with van der Waals surface area (Å²) in [5, 5.41) is 2.35. The smallest absolute Gasteiger partial charge is 0.352 e. The third-order valence-electron chi connectivity index (χ3n) is 4.67. The highest BCUT2D eigenvalue weighted by atomic mass is 32.2. The fraction of sp³-hybridized carbons (Fsp3) is 0.450. The lowest BCUT2D eigenvalue weighted by molar-refractivity contribution is -0.141. The molecule has 3 rings (SSSR count). The first kappa shape index (κ1) is 20.6. The highest BCUT2D eigenvalue weighted by molar-refractivity contribution is 8.00. The maximum absolute atomic E-state index is 13.3. The number of carbonyl (C=O) groups is 1. The molecule has 1 fully saturated rings. The molecule has 28 heavy (non-hydrogen) atoms. The Morgan fingerprint density at radius 3 is 2.46 bits per heavy atom. The summed E-state index contributed by atoms with van der Waals surface area (Å²) in [6, 6.07) is 9.71. The number of halogens is 3. The number of benzene rings is 1. The van der Waals surface area contributed by atoms with E-state index < -0.39 is 17.1 Å². The zero-order chi connectivity index (χ0) is 20.1. The molecule has 0 unspecified atom stereocenters. The van der Waals surface area contributed by atoms with Crippen molar-refractivity contribution in [2.75, 3.05) is 0 Å². The number of aromatic nitrogens is 2. The van der Waals surface area contributed by atoms with Crippen molar-refractivity contribution in [3.05, 3.63) is 42.1 Å². The van der Waals surface area contributed by atoms with Gasteiger partial charge < -0.3 is 5.32 Å². The average molecular weight is 409 g/mol. The van der Waals surface area contributed by atoms with E-state index in [9.17, 15) is 18.0 Å². The van der Waals surface area contributed by atoms with Gasteiger partial charge in [0.2, 0.25) is 5.91 Å². The van der Waals surface area contributed by atoms with Crippen LogP contribution in [0.3, 0.4) is 0 Å². The van der Waals surface area contributed by atoms with E-state index in [1.54, 1.807) is 37.3 Å². The summed E-state index contributed by atoms with van der Waals surface area (Å²) < 4.78 is 39.9. The van der Waals surface area contributed by atoms with Crippen molar-refractivity contribution < 1.29 is 18.0 Å². The lowest BCUT2D eigenvalue weighted by Gasteiger charge is -2.24. The molecule has 1 N–H and O–H groups in total. The molecular weight excluding hydrogens is 387 g/mol. The topological polar surface area (TPSA) is 54.9 Å². The molecular formula is C20H22F3N3OS. The molecule has 2 aromatic rings. The molecule has 8 heteroatoms. The van der Waals surface area contributed by atoms with Crippen molar-refractivity contribution >= 4 is 17.7 Å². The largest absolute Gasteiger partial charge is 0.433 e. The Hall–Kier alpha value is -2.09. The van der Waals surface area contributed by atoms with Crippen LogP contribution >= 0.6 is 11.8 Å². The Balaban J connectivity index is 1.79. The summed E-state index contributed by atoms with van der Waals surface area (Å²) in [4.78, 5) is 20.3. The van der Waals surface area contributed by atoms with Crippen LogP contribution in [-0.4, -0.2) is 27.2 Å². The monoisotopic (exact) mass is 409 g/mol. The number of thioether (sulfide) groups is 1. The number of rotatable bonds is 5. The molecule has 1 heterocycles. The summed E-state index contributed by atoms with van der Waals surface area (Å²) >= 11 is 0.945. The number of amides is 1. The highest BCUT2D eigenvalue weighted by Gasteiger charge is 2.34. The van der Waals surface area contributed by atoms with E-state index in [0.717, 1.165) is 43.5 Å². The van der Waals surface area contributed by atoms with Gasteiger partial charge in [-0.3, -0.25) is 4.79 Å². The van der Waals surface area contributed by atoms with Gasteiger partial charge in [-0.05, 0) is 25.8 Å². The number of nitrogens with zero attached hydrogens (tertiary/aromatic N) is 2. The van der Waals surface area contributed by atoms with E-state index >= 15 is 0 Å². The van der Waals surface area contributed by atoms with E-state index in [4.69, 9.17) is 0 Å². The Bertz CT molecular complexity index is 808. The van der Waals surface area contributed by atoms with Crippen LogP contribution in [-0.2, 0) is 11.0 Å². The minimum absolute atomic E-state index is 0.0556. The van der Waals surface area contributed by atoms with Gasteiger partial charge in [0.1, 0.15) is 5.69 Å².